The molecule has 2 fully saturated rings. The van der Waals surface area contributed by atoms with Crippen LogP contribution in [0.4, 0.5) is 5.69 Å². The van der Waals surface area contributed by atoms with Crippen molar-refractivity contribution in [2.24, 2.45) is 7.05 Å². The second-order valence-corrected chi connectivity index (χ2v) is 11.3. The molecule has 0 aliphatic carbocycles. The number of piperidine rings is 1. The zero-order valence-electron chi connectivity index (χ0n) is 23.8. The van der Waals surface area contributed by atoms with Crippen LogP contribution in [0, 0.1) is 6.92 Å². The van der Waals surface area contributed by atoms with E-state index in [1.54, 1.807) is 40.7 Å². The van der Waals surface area contributed by atoms with Crippen LogP contribution in [0.5, 0.6) is 0 Å². The minimum absolute atomic E-state index is 0.139. The number of carbonyl (C=O) groups excluding carboxylic acids is 2. The molecule has 2 saturated heterocycles. The molecule has 2 N–H and O–H groups in total. The van der Waals surface area contributed by atoms with E-state index in [1.165, 1.54) is 25.7 Å². The summed E-state index contributed by atoms with van der Waals surface area (Å²) in [5.41, 5.74) is 4.15. The fourth-order valence-electron chi connectivity index (χ4n) is 6.11. The minimum Gasteiger partial charge on any atom is -0.351 e. The number of anilines is 1. The predicted molar refractivity (Wildman–Crippen MR) is 155 cm³/mol. The third-order valence-electron chi connectivity index (χ3n) is 8.57. The molecule has 4 aromatic rings. The number of fused-ring (bicyclic) bond motifs is 1. The molecule has 41 heavy (non-hydrogen) atoms. The normalized spacial score (nSPS) is 17.3. The highest BCUT2D eigenvalue weighted by atomic mass is 16.2. The van der Waals surface area contributed by atoms with Crippen LogP contribution < -0.4 is 10.6 Å². The number of amides is 2. The van der Waals surface area contributed by atoms with E-state index in [2.05, 4.69) is 47.8 Å². The second kappa shape index (κ2) is 11.0. The van der Waals surface area contributed by atoms with Gasteiger partial charge in [-0.15, -0.1) is 10.2 Å². The van der Waals surface area contributed by atoms with E-state index in [0.29, 0.717) is 29.1 Å². The quantitative estimate of drug-likeness (QED) is 0.356. The first-order valence-electron chi connectivity index (χ1n) is 14.1. The summed E-state index contributed by atoms with van der Waals surface area (Å²) in [5.74, 6) is -0.507. The summed E-state index contributed by atoms with van der Waals surface area (Å²) in [7, 11) is 4.04. The maximum atomic E-state index is 13.2. The van der Waals surface area contributed by atoms with E-state index >= 15 is 0 Å². The van der Waals surface area contributed by atoms with Gasteiger partial charge in [-0.05, 0) is 83.1 Å². The molecule has 0 atom stereocenters. The molecule has 0 saturated carbocycles. The van der Waals surface area contributed by atoms with E-state index in [9.17, 15) is 9.59 Å². The van der Waals surface area contributed by atoms with Crippen molar-refractivity contribution in [2.75, 3.05) is 45.1 Å². The van der Waals surface area contributed by atoms with E-state index < -0.39 is 5.91 Å². The molecular weight excluding hydrogens is 520 g/mol. The lowest BCUT2D eigenvalue weighted by Gasteiger charge is -2.44. The number of aryl methyl sites for hydroxylation is 2. The highest BCUT2D eigenvalue weighted by molar-refractivity contribution is 6.03. The number of pyridine rings is 2. The monoisotopic (exact) mass is 556 g/mol. The van der Waals surface area contributed by atoms with Crippen LogP contribution in [-0.2, 0) is 7.05 Å². The van der Waals surface area contributed by atoms with Crippen LogP contribution in [0.2, 0.25) is 0 Å². The smallest absolute Gasteiger partial charge is 0.294 e. The number of rotatable bonds is 7. The second-order valence-electron chi connectivity index (χ2n) is 11.3. The lowest BCUT2D eigenvalue weighted by molar-refractivity contribution is 0.0621. The van der Waals surface area contributed by atoms with Gasteiger partial charge in [0.2, 0.25) is 5.82 Å². The third-order valence-corrected chi connectivity index (χ3v) is 8.57. The van der Waals surface area contributed by atoms with E-state index in [4.69, 9.17) is 0 Å². The molecule has 214 valence electrons. The van der Waals surface area contributed by atoms with Crippen LogP contribution >= 0.6 is 0 Å². The Morgan fingerprint density at radius 1 is 1.00 bits per heavy atom. The van der Waals surface area contributed by atoms with Crippen molar-refractivity contribution in [3.63, 3.8) is 0 Å². The van der Waals surface area contributed by atoms with Crippen LogP contribution in [0.15, 0.2) is 43.0 Å². The first-order valence-corrected chi connectivity index (χ1v) is 14.1. The van der Waals surface area contributed by atoms with Gasteiger partial charge < -0.3 is 15.5 Å². The number of hydrogen-bond donors (Lipinski definition) is 2. The van der Waals surface area contributed by atoms with Crippen molar-refractivity contribution in [2.45, 2.75) is 38.1 Å². The van der Waals surface area contributed by atoms with E-state index in [-0.39, 0.29) is 17.3 Å². The average Bonchev–Trinajstić information content (AvgIpc) is 3.70. The highest BCUT2D eigenvalue weighted by Crippen LogP contribution is 2.37. The van der Waals surface area contributed by atoms with Crippen molar-refractivity contribution < 1.29 is 9.59 Å². The van der Waals surface area contributed by atoms with Gasteiger partial charge in [-0.2, -0.15) is 5.10 Å². The fraction of sp³-hybridized carbons (Fsp3) is 0.448. The SMILES string of the molecule is Cc1ncc(C(=O)NCCN2CCCC23CCN(C)CC3)cc1NC(=O)c1nnc2cc(-c3cnn(C)c3)ccn12. The zero-order valence-corrected chi connectivity index (χ0v) is 23.8. The molecule has 12 nitrogen and oxygen atoms in total. The Kier molecular flexibility index (Phi) is 7.26. The molecule has 6 rings (SSSR count). The van der Waals surface area contributed by atoms with Crippen LogP contribution in [0.25, 0.3) is 16.8 Å². The van der Waals surface area contributed by atoms with Crippen molar-refractivity contribution >= 4 is 23.1 Å². The fourth-order valence-corrected chi connectivity index (χ4v) is 6.11. The number of hydrogen-bond acceptors (Lipinski definition) is 8. The largest absolute Gasteiger partial charge is 0.351 e. The van der Waals surface area contributed by atoms with Gasteiger partial charge in [0.05, 0.1) is 23.1 Å². The van der Waals surface area contributed by atoms with Gasteiger partial charge in [-0.25, -0.2) is 0 Å². The molecule has 2 aliphatic heterocycles. The molecule has 12 heteroatoms. The first-order chi connectivity index (χ1) is 19.8. The lowest BCUT2D eigenvalue weighted by Crippen LogP contribution is -2.52. The number of carbonyl (C=O) groups is 2. The topological polar surface area (TPSA) is 126 Å². The Hall–Kier alpha value is -4.16. The third kappa shape index (κ3) is 5.44. The number of nitrogens with one attached hydrogen (secondary N) is 2. The summed E-state index contributed by atoms with van der Waals surface area (Å²) in [6.07, 6.45) is 11.8. The van der Waals surface area contributed by atoms with Gasteiger partial charge in [0, 0.05) is 49.8 Å². The van der Waals surface area contributed by atoms with Crippen molar-refractivity contribution in [1.29, 1.82) is 0 Å². The molecule has 0 unspecified atom stereocenters. The Bertz CT molecular complexity index is 1580. The maximum absolute atomic E-state index is 13.2. The van der Waals surface area contributed by atoms with Gasteiger partial charge >= 0.3 is 0 Å². The molecule has 0 aromatic carbocycles. The molecular formula is C29H36N10O2. The first kappa shape index (κ1) is 27.0. The summed E-state index contributed by atoms with van der Waals surface area (Å²) in [4.78, 5) is 35.5. The Balaban J connectivity index is 1.10. The maximum Gasteiger partial charge on any atom is 0.294 e. The van der Waals surface area contributed by atoms with Gasteiger partial charge in [-0.3, -0.25) is 28.6 Å². The van der Waals surface area contributed by atoms with Crippen molar-refractivity contribution in [1.82, 2.24) is 44.5 Å². The van der Waals surface area contributed by atoms with Crippen LogP contribution in [0.1, 0.15) is 52.4 Å². The zero-order chi connectivity index (χ0) is 28.6. The predicted octanol–water partition coefficient (Wildman–Crippen LogP) is 2.38. The summed E-state index contributed by atoms with van der Waals surface area (Å²) >= 11 is 0. The summed E-state index contributed by atoms with van der Waals surface area (Å²) in [6, 6.07) is 5.40. The number of likely N-dealkylation sites (tertiary alicyclic amines) is 2. The van der Waals surface area contributed by atoms with Crippen molar-refractivity contribution in [3.05, 3.63) is 60.1 Å². The minimum atomic E-state index is -0.438. The van der Waals surface area contributed by atoms with Crippen molar-refractivity contribution in [3.8, 4) is 11.1 Å². The number of nitrogens with zero attached hydrogens (tertiary/aromatic N) is 8. The van der Waals surface area contributed by atoms with Crippen LogP contribution in [-0.4, -0.2) is 96.3 Å². The molecule has 2 amide bonds. The molecule has 4 aromatic heterocycles. The Morgan fingerprint density at radius 3 is 2.61 bits per heavy atom. The van der Waals surface area contributed by atoms with E-state index in [0.717, 1.165) is 37.3 Å². The van der Waals surface area contributed by atoms with E-state index in [1.807, 2.05) is 25.4 Å². The lowest BCUT2D eigenvalue weighted by atomic mass is 9.85. The molecule has 1 spiro atoms. The summed E-state index contributed by atoms with van der Waals surface area (Å²) in [5, 5.41) is 18.4. The standard InChI is InChI=1S/C29H36N10O2/c1-20-24(33-28(41)26-35-34-25-16-21(5-11-39(25)26)23-18-32-37(3)19-23)15-22(17-31-20)27(40)30-9-14-38-10-4-6-29(38)7-12-36(2)13-8-29/h5,11,15-19H,4,6-10,12-14H2,1-3H3,(H,30,40)(H,33,41). The van der Waals surface area contributed by atoms with Gasteiger partial charge in [0.15, 0.2) is 5.65 Å². The highest BCUT2D eigenvalue weighted by Gasteiger charge is 2.42. The number of aromatic nitrogens is 6. The van der Waals surface area contributed by atoms with Gasteiger partial charge in [0.1, 0.15) is 0 Å². The molecule has 0 radical (unpaired) electrons. The van der Waals surface area contributed by atoms with Gasteiger partial charge in [0.25, 0.3) is 11.8 Å². The Morgan fingerprint density at radius 2 is 1.83 bits per heavy atom. The molecule has 0 bridgehead atoms. The molecule has 2 aliphatic rings. The molecule has 6 heterocycles. The summed E-state index contributed by atoms with van der Waals surface area (Å²) in [6.45, 7) is 6.53. The average molecular weight is 557 g/mol. The Labute approximate surface area is 238 Å². The van der Waals surface area contributed by atoms with Crippen LogP contribution in [0.3, 0.4) is 0 Å². The summed E-state index contributed by atoms with van der Waals surface area (Å²) < 4.78 is 3.36. The van der Waals surface area contributed by atoms with Gasteiger partial charge in [-0.1, -0.05) is 0 Å².